The number of nitrogens with zero attached hydrogens (tertiary/aromatic N) is 3. The Balaban J connectivity index is 1.94. The van der Waals surface area contributed by atoms with Crippen molar-refractivity contribution in [3.05, 3.63) is 70.1 Å². The molecule has 0 fully saturated rings. The lowest BCUT2D eigenvalue weighted by Gasteiger charge is -2.04. The summed E-state index contributed by atoms with van der Waals surface area (Å²) in [5.74, 6) is -0.540. The normalized spacial score (nSPS) is 11.3. The molecule has 0 atom stereocenters. The molecule has 0 aliphatic carbocycles. The first-order valence-corrected chi connectivity index (χ1v) is 7.65. The van der Waals surface area contributed by atoms with Crippen molar-refractivity contribution >= 4 is 46.5 Å². The smallest absolute Gasteiger partial charge is 0.266 e. The van der Waals surface area contributed by atoms with E-state index in [9.17, 15) is 10.1 Å². The van der Waals surface area contributed by atoms with Crippen molar-refractivity contribution in [3.63, 3.8) is 0 Å². The third-order valence-electron chi connectivity index (χ3n) is 3.27. The molecule has 0 bridgehead atoms. The number of nitriles is 1. The molecular formula is C17H10Cl2N4O. The average Bonchev–Trinajstić information content (AvgIpc) is 2.90. The van der Waals surface area contributed by atoms with Crippen LogP contribution in [0.1, 0.15) is 5.69 Å². The molecule has 1 amide bonds. The third-order valence-corrected chi connectivity index (χ3v) is 3.80. The average molecular weight is 357 g/mol. The zero-order chi connectivity index (χ0) is 17.1. The van der Waals surface area contributed by atoms with E-state index in [1.807, 2.05) is 18.2 Å². The van der Waals surface area contributed by atoms with Crippen LogP contribution in [0.3, 0.4) is 0 Å². The van der Waals surface area contributed by atoms with Crippen molar-refractivity contribution in [1.29, 1.82) is 5.26 Å². The second-order valence-electron chi connectivity index (χ2n) is 4.85. The van der Waals surface area contributed by atoms with Crippen LogP contribution in [0.25, 0.3) is 11.7 Å². The third kappa shape index (κ3) is 3.25. The van der Waals surface area contributed by atoms with Gasteiger partial charge in [-0.15, -0.1) is 0 Å². The summed E-state index contributed by atoms with van der Waals surface area (Å²) in [5, 5.41) is 12.7. The minimum absolute atomic E-state index is 0.0856. The van der Waals surface area contributed by atoms with E-state index >= 15 is 0 Å². The largest absolute Gasteiger partial charge is 0.321 e. The number of imidazole rings is 1. The van der Waals surface area contributed by atoms with Crippen LogP contribution in [0.5, 0.6) is 0 Å². The summed E-state index contributed by atoms with van der Waals surface area (Å²) < 4.78 is 1.70. The highest BCUT2D eigenvalue weighted by Gasteiger charge is 2.14. The molecular weight excluding hydrogens is 347 g/mol. The predicted molar refractivity (Wildman–Crippen MR) is 93.9 cm³/mol. The van der Waals surface area contributed by atoms with Crippen LogP contribution in [0, 0.1) is 11.3 Å². The summed E-state index contributed by atoms with van der Waals surface area (Å²) in [4.78, 5) is 16.5. The number of carbonyl (C=O) groups is 1. The minimum Gasteiger partial charge on any atom is -0.321 e. The molecule has 0 saturated heterocycles. The zero-order valence-corrected chi connectivity index (χ0v) is 13.7. The van der Waals surface area contributed by atoms with Gasteiger partial charge in [0.05, 0.1) is 5.69 Å². The molecule has 0 saturated carbocycles. The summed E-state index contributed by atoms with van der Waals surface area (Å²) in [5.41, 5.74) is 1.55. The van der Waals surface area contributed by atoms with E-state index in [1.54, 1.807) is 40.9 Å². The minimum atomic E-state index is -0.540. The van der Waals surface area contributed by atoms with Gasteiger partial charge in [-0.25, -0.2) is 4.98 Å². The molecule has 3 aromatic rings. The Bertz CT molecular complexity index is 984. The lowest BCUT2D eigenvalue weighted by atomic mass is 10.2. The standard InChI is InChI=1S/C17H10Cl2N4O/c18-12-4-6-13(7-5-12)21-17(24)11(10-20)9-14-16(19)22-15-3-1-2-8-23(14)15/h1-9H,(H,21,24)/b11-9-. The number of anilines is 1. The highest BCUT2D eigenvalue weighted by Crippen LogP contribution is 2.21. The maximum absolute atomic E-state index is 12.3. The fraction of sp³-hybridized carbons (Fsp3) is 0. The fourth-order valence-corrected chi connectivity index (χ4v) is 2.49. The molecule has 0 aliphatic rings. The first-order chi connectivity index (χ1) is 11.6. The molecule has 7 heteroatoms. The van der Waals surface area contributed by atoms with E-state index in [0.717, 1.165) is 0 Å². The van der Waals surface area contributed by atoms with Crippen molar-refractivity contribution in [2.45, 2.75) is 0 Å². The summed E-state index contributed by atoms with van der Waals surface area (Å²) in [6.45, 7) is 0. The second kappa shape index (κ2) is 6.75. The first-order valence-electron chi connectivity index (χ1n) is 6.90. The highest BCUT2D eigenvalue weighted by molar-refractivity contribution is 6.31. The number of hydrogen-bond acceptors (Lipinski definition) is 3. The van der Waals surface area contributed by atoms with Crippen LogP contribution >= 0.6 is 23.2 Å². The Morgan fingerprint density at radius 1 is 1.21 bits per heavy atom. The highest BCUT2D eigenvalue weighted by atomic mass is 35.5. The van der Waals surface area contributed by atoms with Crippen LogP contribution in [0.15, 0.2) is 54.2 Å². The molecule has 2 aromatic heterocycles. The summed E-state index contributed by atoms with van der Waals surface area (Å²) in [7, 11) is 0. The maximum Gasteiger partial charge on any atom is 0.266 e. The van der Waals surface area contributed by atoms with Gasteiger partial charge in [0.15, 0.2) is 5.15 Å². The Morgan fingerprint density at radius 2 is 1.96 bits per heavy atom. The molecule has 2 heterocycles. The maximum atomic E-state index is 12.3. The topological polar surface area (TPSA) is 70.2 Å². The van der Waals surface area contributed by atoms with Gasteiger partial charge in [0.2, 0.25) is 0 Å². The van der Waals surface area contributed by atoms with Gasteiger partial charge in [0.1, 0.15) is 17.3 Å². The molecule has 1 aromatic carbocycles. The number of benzene rings is 1. The van der Waals surface area contributed by atoms with Crippen molar-refractivity contribution in [2.24, 2.45) is 0 Å². The molecule has 5 nitrogen and oxygen atoms in total. The van der Waals surface area contributed by atoms with Gasteiger partial charge in [0, 0.05) is 16.9 Å². The second-order valence-corrected chi connectivity index (χ2v) is 5.64. The molecule has 3 rings (SSSR count). The number of aromatic nitrogens is 2. The van der Waals surface area contributed by atoms with Crippen LogP contribution in [-0.2, 0) is 4.79 Å². The van der Waals surface area contributed by atoms with E-state index in [-0.39, 0.29) is 10.7 Å². The summed E-state index contributed by atoms with van der Waals surface area (Å²) >= 11 is 11.9. The van der Waals surface area contributed by atoms with Gasteiger partial charge in [-0.05, 0) is 42.5 Å². The monoisotopic (exact) mass is 356 g/mol. The molecule has 0 aliphatic heterocycles. The van der Waals surface area contributed by atoms with Crippen molar-refractivity contribution < 1.29 is 4.79 Å². The lowest BCUT2D eigenvalue weighted by molar-refractivity contribution is -0.112. The van der Waals surface area contributed by atoms with Crippen molar-refractivity contribution in [3.8, 4) is 6.07 Å². The Kier molecular flexibility index (Phi) is 4.52. The van der Waals surface area contributed by atoms with Crippen LogP contribution in [0.4, 0.5) is 5.69 Å². The molecule has 0 radical (unpaired) electrons. The molecule has 1 N–H and O–H groups in total. The summed E-state index contributed by atoms with van der Waals surface area (Å²) in [6, 6.07) is 13.9. The van der Waals surface area contributed by atoms with E-state index in [2.05, 4.69) is 10.3 Å². The van der Waals surface area contributed by atoms with Gasteiger partial charge >= 0.3 is 0 Å². The number of nitrogens with one attached hydrogen (secondary N) is 1. The number of carbonyl (C=O) groups excluding carboxylic acids is 1. The quantitative estimate of drug-likeness (QED) is 0.565. The molecule has 24 heavy (non-hydrogen) atoms. The Hall–Kier alpha value is -2.81. The van der Waals surface area contributed by atoms with Crippen LogP contribution in [0.2, 0.25) is 10.2 Å². The zero-order valence-electron chi connectivity index (χ0n) is 12.2. The SMILES string of the molecule is N#C/C(=C/c1c(Cl)nc2ccccn12)C(=O)Nc1ccc(Cl)cc1. The predicted octanol–water partition coefficient (Wildman–Crippen LogP) is 4.19. The molecule has 118 valence electrons. The van der Waals surface area contributed by atoms with Gasteiger partial charge in [-0.2, -0.15) is 5.26 Å². The van der Waals surface area contributed by atoms with Crippen molar-refractivity contribution in [1.82, 2.24) is 9.38 Å². The fourth-order valence-electron chi connectivity index (χ4n) is 2.13. The number of fused-ring (bicyclic) bond motifs is 1. The number of pyridine rings is 1. The van der Waals surface area contributed by atoms with Gasteiger partial charge in [-0.3, -0.25) is 9.20 Å². The number of halogens is 2. The van der Waals surface area contributed by atoms with E-state index in [4.69, 9.17) is 23.2 Å². The van der Waals surface area contributed by atoms with Gasteiger partial charge < -0.3 is 5.32 Å². The van der Waals surface area contributed by atoms with E-state index < -0.39 is 5.91 Å². The van der Waals surface area contributed by atoms with E-state index in [0.29, 0.717) is 22.1 Å². The van der Waals surface area contributed by atoms with Gasteiger partial charge in [-0.1, -0.05) is 29.3 Å². The van der Waals surface area contributed by atoms with E-state index in [1.165, 1.54) is 6.08 Å². The van der Waals surface area contributed by atoms with Gasteiger partial charge in [0.25, 0.3) is 5.91 Å². The number of rotatable bonds is 3. The van der Waals surface area contributed by atoms with Crippen molar-refractivity contribution in [2.75, 3.05) is 5.32 Å². The molecule has 0 unspecified atom stereocenters. The van der Waals surface area contributed by atoms with Crippen LogP contribution in [-0.4, -0.2) is 15.3 Å². The molecule has 0 spiro atoms. The Labute approximate surface area is 147 Å². The number of amides is 1. The number of hydrogen-bond donors (Lipinski definition) is 1. The Morgan fingerprint density at radius 3 is 2.67 bits per heavy atom. The summed E-state index contributed by atoms with van der Waals surface area (Å²) in [6.07, 6.45) is 3.17. The van der Waals surface area contributed by atoms with Crippen LogP contribution < -0.4 is 5.32 Å². The lowest BCUT2D eigenvalue weighted by Crippen LogP contribution is -2.13. The first kappa shape index (κ1) is 16.1.